The molecule has 1 heterocycles. The topological polar surface area (TPSA) is 143 Å². The summed E-state index contributed by atoms with van der Waals surface area (Å²) in [7, 11) is 0. The van der Waals surface area contributed by atoms with E-state index >= 15 is 0 Å². The Kier molecular flexibility index (Phi) is 6.59. The predicted octanol–water partition coefficient (Wildman–Crippen LogP) is 2.98. The number of hydrogen-bond acceptors (Lipinski definition) is 5. The van der Waals surface area contributed by atoms with Gasteiger partial charge in [-0.2, -0.15) is 0 Å². The summed E-state index contributed by atoms with van der Waals surface area (Å²) in [5.41, 5.74) is 3.54. The number of nitrogens with two attached hydrogens (primary N) is 1. The number of aromatic carboxylic acids is 2. The molecule has 144 valence electrons. The largest absolute Gasteiger partial charge is 0.494 e. The Hall–Kier alpha value is -3.29. The number of nitrogens with one attached hydrogen (secondary N) is 1. The summed E-state index contributed by atoms with van der Waals surface area (Å²) in [6.07, 6.45) is 4.27. The smallest absolute Gasteiger partial charge is 0.342 e. The summed E-state index contributed by atoms with van der Waals surface area (Å²) in [4.78, 5) is 37.2. The molecule has 0 saturated carbocycles. The van der Waals surface area contributed by atoms with Gasteiger partial charge in [-0.1, -0.05) is 38.3 Å². The van der Waals surface area contributed by atoms with Crippen molar-refractivity contribution in [2.75, 3.05) is 12.3 Å². The Morgan fingerprint density at radius 3 is 2.22 bits per heavy atom. The quantitative estimate of drug-likeness (QED) is 0.494. The summed E-state index contributed by atoms with van der Waals surface area (Å²) in [5.74, 6) is -2.80. The number of aromatic amines is 1. The van der Waals surface area contributed by atoms with Crippen molar-refractivity contribution >= 4 is 17.8 Å². The lowest BCUT2D eigenvalue weighted by atomic mass is 9.95. The maximum absolute atomic E-state index is 12.0. The van der Waals surface area contributed by atoms with Gasteiger partial charge in [-0.15, -0.1) is 0 Å². The van der Waals surface area contributed by atoms with Crippen LogP contribution in [0.25, 0.3) is 11.1 Å². The van der Waals surface area contributed by atoms with Crippen molar-refractivity contribution in [3.05, 3.63) is 45.7 Å². The molecule has 0 bridgehead atoms. The van der Waals surface area contributed by atoms with Gasteiger partial charge in [0.15, 0.2) is 0 Å². The fourth-order valence-corrected chi connectivity index (χ4v) is 2.77. The van der Waals surface area contributed by atoms with Crippen LogP contribution in [-0.4, -0.2) is 33.7 Å². The second kappa shape index (κ2) is 8.88. The molecule has 2 rings (SSSR count). The number of rotatable bonds is 9. The average Bonchev–Trinajstić information content (AvgIpc) is 2.60. The van der Waals surface area contributed by atoms with Crippen molar-refractivity contribution in [1.29, 1.82) is 0 Å². The van der Waals surface area contributed by atoms with E-state index in [1.807, 2.05) is 0 Å². The van der Waals surface area contributed by atoms with Crippen LogP contribution in [0.15, 0.2) is 29.1 Å². The number of H-pyrrole nitrogens is 1. The molecule has 0 atom stereocenters. The number of benzene rings is 1. The molecule has 2 aromatic rings. The maximum atomic E-state index is 12.0. The number of unbranched alkanes of at least 4 members (excludes halogenated alkanes) is 3. The maximum Gasteiger partial charge on any atom is 0.342 e. The van der Waals surface area contributed by atoms with Crippen LogP contribution >= 0.6 is 0 Å². The van der Waals surface area contributed by atoms with Crippen molar-refractivity contribution in [1.82, 2.24) is 4.98 Å². The number of carboxylic acids is 2. The van der Waals surface area contributed by atoms with Crippen LogP contribution in [0.5, 0.6) is 5.75 Å². The molecule has 1 aromatic carbocycles. The first kappa shape index (κ1) is 20.0. The summed E-state index contributed by atoms with van der Waals surface area (Å²) in [5, 5.41) is 18.8. The van der Waals surface area contributed by atoms with E-state index in [2.05, 4.69) is 11.9 Å². The number of ether oxygens (including phenoxy) is 1. The predicted molar refractivity (Wildman–Crippen MR) is 100 cm³/mol. The van der Waals surface area contributed by atoms with Gasteiger partial charge < -0.3 is 25.7 Å². The van der Waals surface area contributed by atoms with Crippen LogP contribution in [0.4, 0.5) is 5.82 Å². The Balaban J connectivity index is 2.38. The van der Waals surface area contributed by atoms with Crippen molar-refractivity contribution in [3.63, 3.8) is 0 Å². The summed E-state index contributed by atoms with van der Waals surface area (Å²) < 4.78 is 5.62. The first-order valence-corrected chi connectivity index (χ1v) is 8.62. The molecule has 1 aromatic heterocycles. The molecule has 0 saturated heterocycles. The number of anilines is 1. The Bertz CT molecular complexity index is 886. The molecule has 27 heavy (non-hydrogen) atoms. The zero-order valence-corrected chi connectivity index (χ0v) is 14.9. The highest BCUT2D eigenvalue weighted by Crippen LogP contribution is 2.30. The van der Waals surface area contributed by atoms with E-state index < -0.39 is 34.4 Å². The van der Waals surface area contributed by atoms with E-state index in [9.17, 15) is 24.6 Å². The van der Waals surface area contributed by atoms with E-state index in [1.54, 1.807) is 12.1 Å². The Labute approximate surface area is 155 Å². The lowest BCUT2D eigenvalue weighted by Crippen LogP contribution is -2.24. The summed E-state index contributed by atoms with van der Waals surface area (Å²) >= 11 is 0. The van der Waals surface area contributed by atoms with Gasteiger partial charge in [0.1, 0.15) is 22.7 Å². The molecule has 0 spiro atoms. The SMILES string of the molecule is CCCCCCOc1ccc(-c2c(C(=O)O)c(N)[nH]c(=O)c2C(=O)O)cc1. The molecule has 0 aliphatic heterocycles. The van der Waals surface area contributed by atoms with Crippen LogP contribution in [-0.2, 0) is 0 Å². The first-order chi connectivity index (χ1) is 12.9. The van der Waals surface area contributed by atoms with E-state index in [0.717, 1.165) is 25.7 Å². The van der Waals surface area contributed by atoms with Crippen LogP contribution < -0.4 is 16.0 Å². The number of aromatic nitrogens is 1. The fourth-order valence-electron chi connectivity index (χ4n) is 2.77. The number of pyridine rings is 1. The minimum Gasteiger partial charge on any atom is -0.494 e. The number of hydrogen-bond donors (Lipinski definition) is 4. The zero-order valence-electron chi connectivity index (χ0n) is 14.9. The van der Waals surface area contributed by atoms with Gasteiger partial charge in [0.25, 0.3) is 5.56 Å². The highest BCUT2D eigenvalue weighted by molar-refractivity contribution is 6.07. The van der Waals surface area contributed by atoms with Crippen LogP contribution in [0, 0.1) is 0 Å². The lowest BCUT2D eigenvalue weighted by Gasteiger charge is -2.13. The lowest BCUT2D eigenvalue weighted by molar-refractivity contribution is 0.0695. The molecule has 8 heteroatoms. The zero-order chi connectivity index (χ0) is 20.0. The van der Waals surface area contributed by atoms with E-state index in [0.29, 0.717) is 12.4 Å². The van der Waals surface area contributed by atoms with Crippen LogP contribution in [0.1, 0.15) is 53.3 Å². The average molecular weight is 374 g/mol. The highest BCUT2D eigenvalue weighted by atomic mass is 16.5. The number of carbonyl (C=O) groups is 2. The normalized spacial score (nSPS) is 10.6. The van der Waals surface area contributed by atoms with Gasteiger partial charge in [-0.25, -0.2) is 9.59 Å². The molecule has 0 fully saturated rings. The molecule has 0 unspecified atom stereocenters. The van der Waals surface area contributed by atoms with Gasteiger partial charge in [-0.3, -0.25) is 4.79 Å². The van der Waals surface area contributed by atoms with Gasteiger partial charge in [0.2, 0.25) is 0 Å². The van der Waals surface area contributed by atoms with Gasteiger partial charge in [-0.05, 0) is 24.1 Å². The van der Waals surface area contributed by atoms with Gasteiger partial charge in [0.05, 0.1) is 6.61 Å². The fraction of sp³-hybridized carbons (Fsp3) is 0.316. The second-order valence-electron chi connectivity index (χ2n) is 6.04. The molecular formula is C19H22N2O6. The minimum absolute atomic E-state index is 0.231. The molecule has 8 nitrogen and oxygen atoms in total. The Morgan fingerprint density at radius 1 is 1.04 bits per heavy atom. The third-order valence-corrected chi connectivity index (χ3v) is 4.08. The monoisotopic (exact) mass is 374 g/mol. The van der Waals surface area contributed by atoms with Crippen molar-refractivity contribution in [3.8, 4) is 16.9 Å². The van der Waals surface area contributed by atoms with Crippen molar-refractivity contribution in [2.24, 2.45) is 0 Å². The molecule has 0 aliphatic rings. The minimum atomic E-state index is -1.54. The molecule has 0 amide bonds. The van der Waals surface area contributed by atoms with E-state index in [4.69, 9.17) is 10.5 Å². The van der Waals surface area contributed by atoms with Crippen LogP contribution in [0.3, 0.4) is 0 Å². The molecule has 5 N–H and O–H groups in total. The second-order valence-corrected chi connectivity index (χ2v) is 6.04. The molecule has 0 radical (unpaired) electrons. The third-order valence-electron chi connectivity index (χ3n) is 4.08. The Morgan fingerprint density at radius 2 is 1.67 bits per heavy atom. The summed E-state index contributed by atoms with van der Waals surface area (Å²) in [6, 6.07) is 6.22. The summed E-state index contributed by atoms with van der Waals surface area (Å²) in [6.45, 7) is 2.68. The van der Waals surface area contributed by atoms with Gasteiger partial charge >= 0.3 is 11.9 Å². The molecule has 0 aliphatic carbocycles. The van der Waals surface area contributed by atoms with Crippen molar-refractivity contribution in [2.45, 2.75) is 32.6 Å². The number of nitrogen functional groups attached to an aromatic ring is 1. The number of carboxylic acid groups (broad SMARTS) is 2. The van der Waals surface area contributed by atoms with Gasteiger partial charge in [0, 0.05) is 5.56 Å². The highest BCUT2D eigenvalue weighted by Gasteiger charge is 2.26. The standard InChI is InChI=1S/C19H22N2O6/c1-2-3-4-5-10-27-12-8-6-11(7-9-12)13-14(18(23)24)16(20)21-17(22)15(13)19(25)26/h6-9H,2-5,10H2,1H3,(H,23,24)(H,25,26)(H3,20,21,22). The van der Waals surface area contributed by atoms with E-state index in [1.165, 1.54) is 12.1 Å². The third kappa shape index (κ3) is 4.66. The molecular weight excluding hydrogens is 352 g/mol. The van der Waals surface area contributed by atoms with Crippen LogP contribution in [0.2, 0.25) is 0 Å². The van der Waals surface area contributed by atoms with E-state index in [-0.39, 0.29) is 11.1 Å². The van der Waals surface area contributed by atoms with Crippen molar-refractivity contribution < 1.29 is 24.5 Å². The first-order valence-electron chi connectivity index (χ1n) is 8.62.